The van der Waals surface area contributed by atoms with Gasteiger partial charge in [0.1, 0.15) is 17.5 Å². The van der Waals surface area contributed by atoms with Crippen LogP contribution in [0.2, 0.25) is 0 Å². The lowest BCUT2D eigenvalue weighted by Crippen LogP contribution is -2.31. The highest BCUT2D eigenvalue weighted by Crippen LogP contribution is 2.37. The number of ether oxygens (including phenoxy) is 2. The Morgan fingerprint density at radius 1 is 1.03 bits per heavy atom. The number of fused-ring (bicyclic) bond motifs is 1. The number of para-hydroxylation sites is 2. The van der Waals surface area contributed by atoms with Crippen molar-refractivity contribution in [2.75, 3.05) is 24.9 Å². The molecule has 0 unspecified atom stereocenters. The number of pyridine rings is 1. The second-order valence-corrected chi connectivity index (χ2v) is 7.94. The molecule has 176 valence electrons. The zero-order chi connectivity index (χ0) is 24.4. The fourth-order valence-corrected chi connectivity index (χ4v) is 4.09. The minimum atomic E-state index is -0.533. The second kappa shape index (κ2) is 9.30. The molecule has 0 fully saturated rings. The molecule has 3 heterocycles. The van der Waals surface area contributed by atoms with Crippen molar-refractivity contribution < 1.29 is 14.3 Å². The molecular weight excluding hydrogens is 444 g/mol. The number of hydrogen-bond acceptors (Lipinski definition) is 7. The van der Waals surface area contributed by atoms with Crippen LogP contribution < -0.4 is 20.1 Å². The summed E-state index contributed by atoms with van der Waals surface area (Å²) < 4.78 is 12.4. The Bertz CT molecular complexity index is 1400. The van der Waals surface area contributed by atoms with Gasteiger partial charge < -0.3 is 20.1 Å². The highest BCUT2D eigenvalue weighted by molar-refractivity contribution is 6.06. The molecule has 2 aromatic heterocycles. The summed E-state index contributed by atoms with van der Waals surface area (Å²) in [6, 6.07) is 18.0. The summed E-state index contributed by atoms with van der Waals surface area (Å²) in [5.74, 6) is 2.11. The Kier molecular flexibility index (Phi) is 5.88. The SMILES string of the molecule is COc1ccc(-c2nc3n(n2)[C@@H](c2cccnc2)C(C(=O)Nc2ccccc2OC)=C(C)N3)cc1. The molecule has 1 aliphatic rings. The molecule has 0 saturated heterocycles. The predicted molar refractivity (Wildman–Crippen MR) is 132 cm³/mol. The summed E-state index contributed by atoms with van der Waals surface area (Å²) in [6.07, 6.45) is 3.43. The lowest BCUT2D eigenvalue weighted by molar-refractivity contribution is -0.113. The lowest BCUT2D eigenvalue weighted by Gasteiger charge is -2.28. The minimum Gasteiger partial charge on any atom is -0.497 e. The summed E-state index contributed by atoms with van der Waals surface area (Å²) in [5.41, 5.74) is 3.40. The van der Waals surface area contributed by atoms with Crippen LogP contribution in [-0.2, 0) is 4.79 Å². The number of carbonyl (C=O) groups is 1. The normalized spacial score (nSPS) is 14.7. The second-order valence-electron chi connectivity index (χ2n) is 7.94. The first-order valence-electron chi connectivity index (χ1n) is 11.0. The summed E-state index contributed by atoms with van der Waals surface area (Å²) in [6.45, 7) is 1.85. The molecule has 35 heavy (non-hydrogen) atoms. The third-order valence-corrected chi connectivity index (χ3v) is 5.80. The number of benzene rings is 2. The molecule has 1 aliphatic heterocycles. The maximum atomic E-state index is 13.6. The molecule has 4 aromatic rings. The van der Waals surface area contributed by atoms with Crippen LogP contribution in [0.3, 0.4) is 0 Å². The van der Waals surface area contributed by atoms with E-state index in [0.29, 0.717) is 34.5 Å². The largest absolute Gasteiger partial charge is 0.497 e. The zero-order valence-electron chi connectivity index (χ0n) is 19.5. The first-order chi connectivity index (χ1) is 17.1. The van der Waals surface area contributed by atoms with Crippen LogP contribution in [0.25, 0.3) is 11.4 Å². The fourth-order valence-electron chi connectivity index (χ4n) is 4.09. The highest BCUT2D eigenvalue weighted by Gasteiger charge is 2.35. The number of allylic oxidation sites excluding steroid dienone is 1. The zero-order valence-corrected chi connectivity index (χ0v) is 19.5. The number of anilines is 2. The van der Waals surface area contributed by atoms with Crippen LogP contribution in [0.1, 0.15) is 18.5 Å². The lowest BCUT2D eigenvalue weighted by atomic mass is 9.96. The van der Waals surface area contributed by atoms with Gasteiger partial charge in [-0.25, -0.2) is 4.68 Å². The van der Waals surface area contributed by atoms with Crippen LogP contribution in [0.15, 0.2) is 84.3 Å². The highest BCUT2D eigenvalue weighted by atomic mass is 16.5. The van der Waals surface area contributed by atoms with Crippen LogP contribution >= 0.6 is 0 Å². The van der Waals surface area contributed by atoms with Gasteiger partial charge in [-0.2, -0.15) is 4.98 Å². The molecule has 0 bridgehead atoms. The maximum absolute atomic E-state index is 13.6. The smallest absolute Gasteiger partial charge is 0.255 e. The molecule has 0 spiro atoms. The quantitative estimate of drug-likeness (QED) is 0.435. The average Bonchev–Trinajstić information content (AvgIpc) is 3.32. The van der Waals surface area contributed by atoms with E-state index in [1.54, 1.807) is 43.4 Å². The number of nitrogens with zero attached hydrogens (tertiary/aromatic N) is 4. The van der Waals surface area contributed by atoms with Crippen molar-refractivity contribution in [2.24, 2.45) is 0 Å². The maximum Gasteiger partial charge on any atom is 0.255 e. The number of amides is 1. The molecule has 0 saturated carbocycles. The standard InChI is InChI=1S/C26H24N6O3/c1-16-22(25(33)29-20-8-4-5-9-21(20)35-3)23(18-7-6-14-27-15-18)32-26(28-16)30-24(31-32)17-10-12-19(34-2)13-11-17/h4-15,23H,1-3H3,(H,29,33)(H,28,30,31)/t23-/m0/s1. The Morgan fingerprint density at radius 2 is 1.83 bits per heavy atom. The summed E-state index contributed by atoms with van der Waals surface area (Å²) >= 11 is 0. The van der Waals surface area contributed by atoms with Gasteiger partial charge in [-0.05, 0) is 55.0 Å². The van der Waals surface area contributed by atoms with Crippen molar-refractivity contribution >= 4 is 17.5 Å². The Labute approximate surface area is 202 Å². The molecule has 0 radical (unpaired) electrons. The van der Waals surface area contributed by atoms with E-state index in [2.05, 4.69) is 15.6 Å². The van der Waals surface area contributed by atoms with E-state index in [-0.39, 0.29) is 5.91 Å². The number of methoxy groups -OCH3 is 2. The van der Waals surface area contributed by atoms with Gasteiger partial charge in [-0.15, -0.1) is 5.10 Å². The van der Waals surface area contributed by atoms with E-state index in [1.807, 2.05) is 55.5 Å². The van der Waals surface area contributed by atoms with Gasteiger partial charge in [0, 0.05) is 23.7 Å². The van der Waals surface area contributed by atoms with Crippen molar-refractivity contribution in [1.29, 1.82) is 0 Å². The molecule has 2 aromatic carbocycles. The first-order valence-corrected chi connectivity index (χ1v) is 11.0. The van der Waals surface area contributed by atoms with Crippen molar-refractivity contribution in [2.45, 2.75) is 13.0 Å². The third-order valence-electron chi connectivity index (χ3n) is 5.80. The summed E-state index contributed by atoms with van der Waals surface area (Å²) in [7, 11) is 3.19. The number of carbonyl (C=O) groups excluding carboxylic acids is 1. The van der Waals surface area contributed by atoms with E-state index >= 15 is 0 Å². The molecule has 0 aliphatic carbocycles. The first kappa shape index (κ1) is 22.1. The molecule has 1 amide bonds. The van der Waals surface area contributed by atoms with E-state index in [4.69, 9.17) is 19.6 Å². The van der Waals surface area contributed by atoms with Crippen LogP contribution in [0, 0.1) is 0 Å². The summed E-state index contributed by atoms with van der Waals surface area (Å²) in [4.78, 5) is 22.6. The number of rotatable bonds is 6. The molecular formula is C26H24N6O3. The van der Waals surface area contributed by atoms with Crippen LogP contribution in [0.4, 0.5) is 11.6 Å². The van der Waals surface area contributed by atoms with Crippen molar-refractivity contribution in [3.05, 3.63) is 89.9 Å². The van der Waals surface area contributed by atoms with Crippen molar-refractivity contribution in [3.63, 3.8) is 0 Å². The van der Waals surface area contributed by atoms with E-state index in [9.17, 15) is 4.79 Å². The molecule has 9 heteroatoms. The Balaban J connectivity index is 1.57. The predicted octanol–water partition coefficient (Wildman–Crippen LogP) is 4.28. The van der Waals surface area contributed by atoms with Gasteiger partial charge in [0.05, 0.1) is 25.5 Å². The van der Waals surface area contributed by atoms with Gasteiger partial charge in [0.15, 0.2) is 5.82 Å². The monoisotopic (exact) mass is 468 g/mol. The Morgan fingerprint density at radius 3 is 2.54 bits per heavy atom. The van der Waals surface area contributed by atoms with E-state index in [1.165, 1.54) is 0 Å². The number of hydrogen-bond donors (Lipinski definition) is 2. The fraction of sp³-hybridized carbons (Fsp3) is 0.154. The molecule has 5 rings (SSSR count). The molecule has 1 atom stereocenters. The molecule has 2 N–H and O–H groups in total. The van der Waals surface area contributed by atoms with Crippen LogP contribution in [0.5, 0.6) is 11.5 Å². The van der Waals surface area contributed by atoms with E-state index in [0.717, 1.165) is 16.9 Å². The van der Waals surface area contributed by atoms with Gasteiger partial charge in [0.2, 0.25) is 5.95 Å². The molecule has 9 nitrogen and oxygen atoms in total. The Hall–Kier alpha value is -4.66. The minimum absolute atomic E-state index is 0.277. The van der Waals surface area contributed by atoms with Crippen molar-refractivity contribution in [3.8, 4) is 22.9 Å². The van der Waals surface area contributed by atoms with E-state index < -0.39 is 6.04 Å². The van der Waals surface area contributed by atoms with Crippen LogP contribution in [-0.4, -0.2) is 39.9 Å². The third kappa shape index (κ3) is 4.19. The van der Waals surface area contributed by atoms with Gasteiger partial charge in [-0.3, -0.25) is 9.78 Å². The summed E-state index contributed by atoms with van der Waals surface area (Å²) in [5, 5.41) is 11.0. The van der Waals surface area contributed by atoms with Gasteiger partial charge in [0.25, 0.3) is 5.91 Å². The number of nitrogens with one attached hydrogen (secondary N) is 2. The van der Waals surface area contributed by atoms with Crippen molar-refractivity contribution in [1.82, 2.24) is 19.7 Å². The van der Waals surface area contributed by atoms with Gasteiger partial charge >= 0.3 is 0 Å². The van der Waals surface area contributed by atoms with Gasteiger partial charge in [-0.1, -0.05) is 18.2 Å². The number of aromatic nitrogens is 4. The average molecular weight is 469 g/mol. The topological polar surface area (TPSA) is 103 Å².